The summed E-state index contributed by atoms with van der Waals surface area (Å²) in [6.07, 6.45) is 2.65. The van der Waals surface area contributed by atoms with Crippen LogP contribution in [0.15, 0.2) is 12.4 Å². The molecule has 11 heteroatoms. The Bertz CT molecular complexity index is 1170. The molecule has 0 radical (unpaired) electrons. The van der Waals surface area contributed by atoms with Crippen LogP contribution >= 0.6 is 0 Å². The van der Waals surface area contributed by atoms with Crippen LogP contribution in [0.3, 0.4) is 0 Å². The van der Waals surface area contributed by atoms with Gasteiger partial charge in [0.05, 0.1) is 28.5 Å². The van der Waals surface area contributed by atoms with Crippen molar-refractivity contribution in [2.75, 3.05) is 61.0 Å². The van der Waals surface area contributed by atoms with E-state index < -0.39 is 9.84 Å². The van der Waals surface area contributed by atoms with E-state index >= 15 is 0 Å². The van der Waals surface area contributed by atoms with Gasteiger partial charge in [-0.15, -0.1) is 0 Å². The van der Waals surface area contributed by atoms with E-state index in [0.717, 1.165) is 66.8 Å². The molecule has 0 amide bonds. The van der Waals surface area contributed by atoms with E-state index in [1.807, 2.05) is 11.8 Å². The number of sulfone groups is 1. The summed E-state index contributed by atoms with van der Waals surface area (Å²) < 4.78 is 29.9. The van der Waals surface area contributed by atoms with Gasteiger partial charge in [-0.05, 0) is 26.0 Å². The quantitative estimate of drug-likeness (QED) is 0.667. The Labute approximate surface area is 193 Å². The Morgan fingerprint density at radius 1 is 1.15 bits per heavy atom. The zero-order valence-electron chi connectivity index (χ0n) is 18.7. The van der Waals surface area contributed by atoms with Crippen LogP contribution in [0, 0.1) is 6.92 Å². The van der Waals surface area contributed by atoms with Crippen molar-refractivity contribution in [1.82, 2.24) is 25.2 Å². The largest absolute Gasteiger partial charge is 0.485 e. The molecule has 10 nitrogen and oxygen atoms in total. The second-order valence-electron chi connectivity index (χ2n) is 9.38. The van der Waals surface area contributed by atoms with Gasteiger partial charge >= 0.3 is 0 Å². The van der Waals surface area contributed by atoms with Gasteiger partial charge in [-0.3, -0.25) is 9.88 Å². The molecule has 2 aromatic heterocycles. The van der Waals surface area contributed by atoms with Gasteiger partial charge in [-0.2, -0.15) is 0 Å². The third kappa shape index (κ3) is 3.91. The molecular weight excluding hydrogens is 442 g/mol. The number of aryl methyl sites for hydroxylation is 1. The highest BCUT2D eigenvalue weighted by Crippen LogP contribution is 2.40. The van der Waals surface area contributed by atoms with Gasteiger partial charge in [0, 0.05) is 50.4 Å². The third-order valence-electron chi connectivity index (χ3n) is 7.26. The number of nitrogens with zero attached hydrogens (tertiary/aromatic N) is 5. The molecule has 0 bridgehead atoms. The predicted molar refractivity (Wildman–Crippen MR) is 125 cm³/mol. The van der Waals surface area contributed by atoms with Crippen LogP contribution in [-0.2, 0) is 16.4 Å². The summed E-state index contributed by atoms with van der Waals surface area (Å²) in [5.41, 5.74) is 3.69. The highest BCUT2D eigenvalue weighted by molar-refractivity contribution is 7.91. The molecule has 1 atom stereocenters. The molecule has 33 heavy (non-hydrogen) atoms. The lowest BCUT2D eigenvalue weighted by molar-refractivity contribution is 0.177. The van der Waals surface area contributed by atoms with E-state index in [1.165, 1.54) is 6.33 Å². The van der Waals surface area contributed by atoms with Crippen molar-refractivity contribution in [2.45, 2.75) is 31.9 Å². The van der Waals surface area contributed by atoms with Crippen molar-refractivity contribution in [3.05, 3.63) is 29.3 Å². The van der Waals surface area contributed by atoms with Crippen molar-refractivity contribution in [3.63, 3.8) is 0 Å². The first-order valence-electron chi connectivity index (χ1n) is 11.6. The molecule has 4 aliphatic heterocycles. The monoisotopic (exact) mass is 471 g/mol. The Morgan fingerprint density at radius 2 is 1.97 bits per heavy atom. The first kappa shape index (κ1) is 21.1. The summed E-state index contributed by atoms with van der Waals surface area (Å²) in [6.45, 7) is 7.48. The summed E-state index contributed by atoms with van der Waals surface area (Å²) in [6, 6.07) is 2.77. The minimum atomic E-state index is -2.97. The number of aromatic nitrogens is 3. The molecule has 3 fully saturated rings. The van der Waals surface area contributed by atoms with Crippen molar-refractivity contribution in [1.29, 1.82) is 0 Å². The van der Waals surface area contributed by atoms with Gasteiger partial charge in [0.15, 0.2) is 15.6 Å². The van der Waals surface area contributed by atoms with E-state index in [2.05, 4.69) is 31.6 Å². The fraction of sp³-hybridized carbons (Fsp3) is 0.591. The van der Waals surface area contributed by atoms with Crippen LogP contribution < -0.4 is 20.3 Å². The van der Waals surface area contributed by atoms with E-state index in [4.69, 9.17) is 9.72 Å². The van der Waals surface area contributed by atoms with Gasteiger partial charge in [-0.25, -0.2) is 18.4 Å². The predicted octanol–water partition coefficient (Wildman–Crippen LogP) is 0.812. The third-order valence-corrected chi connectivity index (χ3v) is 8.87. The van der Waals surface area contributed by atoms with E-state index in [0.29, 0.717) is 37.5 Å². The lowest BCUT2D eigenvalue weighted by Crippen LogP contribution is -2.56. The van der Waals surface area contributed by atoms with Gasteiger partial charge in [0.2, 0.25) is 0 Å². The lowest BCUT2D eigenvalue weighted by atomic mass is 10.0. The van der Waals surface area contributed by atoms with Crippen molar-refractivity contribution in [3.8, 4) is 5.75 Å². The summed E-state index contributed by atoms with van der Waals surface area (Å²) in [4.78, 5) is 18.5. The Hall–Kier alpha value is -2.50. The fourth-order valence-electron chi connectivity index (χ4n) is 5.17. The maximum atomic E-state index is 11.9. The van der Waals surface area contributed by atoms with Crippen LogP contribution in [-0.4, -0.2) is 85.1 Å². The van der Waals surface area contributed by atoms with Crippen molar-refractivity contribution >= 4 is 27.2 Å². The highest BCUT2D eigenvalue weighted by atomic mass is 32.2. The van der Waals surface area contributed by atoms with Crippen molar-refractivity contribution < 1.29 is 13.2 Å². The standard InChI is InChI=1S/C22H29N7O3S/c1-14-20-19(8-18(26-14)15-2-3-29(11-15)16-9-23-10-16)27-21-17(12-32-20)22(25-13-24-21)28-4-6-33(30,31)7-5-28/h8,13,15-16,23H,2-7,9-12H2,1H3,(H,24,25,27). The molecule has 2 N–H and O–H groups in total. The van der Waals surface area contributed by atoms with Crippen molar-refractivity contribution in [2.24, 2.45) is 0 Å². The molecule has 0 aromatic carbocycles. The molecule has 0 saturated carbocycles. The van der Waals surface area contributed by atoms with E-state index in [9.17, 15) is 8.42 Å². The highest BCUT2D eigenvalue weighted by Gasteiger charge is 2.34. The van der Waals surface area contributed by atoms with Gasteiger partial charge in [0.1, 0.15) is 24.6 Å². The van der Waals surface area contributed by atoms with Gasteiger partial charge in [0.25, 0.3) is 0 Å². The Morgan fingerprint density at radius 3 is 2.73 bits per heavy atom. The number of nitrogens with one attached hydrogen (secondary N) is 2. The molecule has 176 valence electrons. The number of anilines is 3. The second-order valence-corrected chi connectivity index (χ2v) is 11.7. The number of pyridine rings is 1. The van der Waals surface area contributed by atoms with Crippen LogP contribution in [0.5, 0.6) is 5.75 Å². The molecule has 6 rings (SSSR count). The zero-order valence-corrected chi connectivity index (χ0v) is 19.6. The SMILES string of the molecule is Cc1nc(C2CCN(C3CNC3)C2)cc2c1OCc1c(ncnc1N1CCS(=O)(=O)CC1)N2. The number of rotatable bonds is 3. The molecule has 4 aliphatic rings. The summed E-state index contributed by atoms with van der Waals surface area (Å²) in [7, 11) is -2.97. The molecule has 0 spiro atoms. The Kier molecular flexibility index (Phi) is 5.15. The Balaban J connectivity index is 1.27. The molecule has 0 aliphatic carbocycles. The number of hydrogen-bond acceptors (Lipinski definition) is 10. The number of hydrogen-bond donors (Lipinski definition) is 2. The molecular formula is C22H29N7O3S. The minimum absolute atomic E-state index is 0.141. The summed E-state index contributed by atoms with van der Waals surface area (Å²) in [5.74, 6) is 2.88. The first-order valence-corrected chi connectivity index (χ1v) is 13.4. The normalized spacial score (nSPS) is 24.8. The molecule has 2 aromatic rings. The fourth-order valence-corrected chi connectivity index (χ4v) is 6.37. The zero-order chi connectivity index (χ0) is 22.6. The summed E-state index contributed by atoms with van der Waals surface area (Å²) >= 11 is 0. The molecule has 3 saturated heterocycles. The second kappa shape index (κ2) is 8.07. The topological polar surface area (TPSA) is 113 Å². The maximum absolute atomic E-state index is 11.9. The van der Waals surface area contributed by atoms with E-state index in [1.54, 1.807) is 0 Å². The maximum Gasteiger partial charge on any atom is 0.164 e. The van der Waals surface area contributed by atoms with Gasteiger partial charge in [-0.1, -0.05) is 0 Å². The molecule has 1 unspecified atom stereocenters. The number of fused-ring (bicyclic) bond motifs is 2. The molecule has 6 heterocycles. The average molecular weight is 472 g/mol. The van der Waals surface area contributed by atoms with Crippen LogP contribution in [0.4, 0.5) is 17.3 Å². The van der Waals surface area contributed by atoms with Gasteiger partial charge < -0.3 is 20.3 Å². The average Bonchev–Trinajstić information content (AvgIpc) is 3.13. The lowest BCUT2D eigenvalue weighted by Gasteiger charge is -2.35. The summed E-state index contributed by atoms with van der Waals surface area (Å²) in [5, 5.41) is 6.84. The van der Waals surface area contributed by atoms with Crippen LogP contribution in [0.2, 0.25) is 0 Å². The smallest absolute Gasteiger partial charge is 0.164 e. The van der Waals surface area contributed by atoms with Crippen LogP contribution in [0.25, 0.3) is 0 Å². The first-order chi connectivity index (χ1) is 16.0. The minimum Gasteiger partial charge on any atom is -0.485 e. The van der Waals surface area contributed by atoms with Crippen LogP contribution in [0.1, 0.15) is 29.3 Å². The number of likely N-dealkylation sites (tertiary alicyclic amines) is 1. The number of ether oxygens (including phenoxy) is 1. The van der Waals surface area contributed by atoms with E-state index in [-0.39, 0.29) is 11.5 Å².